The first-order valence-corrected chi connectivity index (χ1v) is 7.51. The van der Waals surface area contributed by atoms with Crippen molar-refractivity contribution >= 4 is 34.2 Å². The molecule has 1 aliphatic heterocycles. The highest BCUT2D eigenvalue weighted by atomic mass is 32.1. The van der Waals surface area contributed by atoms with Gasteiger partial charge >= 0.3 is 0 Å². The van der Waals surface area contributed by atoms with Gasteiger partial charge in [0.05, 0.1) is 16.1 Å². The maximum absolute atomic E-state index is 10.9. The summed E-state index contributed by atoms with van der Waals surface area (Å²) in [7, 11) is 0. The van der Waals surface area contributed by atoms with E-state index in [0.717, 1.165) is 31.6 Å². The Bertz CT molecular complexity index is 665. The zero-order chi connectivity index (χ0) is 14.7. The topological polar surface area (TPSA) is 84.0 Å². The van der Waals surface area contributed by atoms with E-state index in [4.69, 9.17) is 0 Å². The van der Waals surface area contributed by atoms with Gasteiger partial charge in [0, 0.05) is 30.6 Å². The first-order valence-electron chi connectivity index (χ1n) is 6.57. The molecular weight excluding hydrogens is 290 g/mol. The van der Waals surface area contributed by atoms with Crippen LogP contribution in [0, 0.1) is 10.1 Å². The smallest absolute Gasteiger partial charge is 0.271 e. The highest BCUT2D eigenvalue weighted by Crippen LogP contribution is 2.35. The van der Waals surface area contributed by atoms with Crippen molar-refractivity contribution in [2.75, 3.05) is 18.0 Å². The Kier molecular flexibility index (Phi) is 3.87. The third-order valence-corrected chi connectivity index (χ3v) is 3.87. The fraction of sp³-hybridized carbons (Fsp3) is 0.308. The molecule has 0 radical (unpaired) electrons. The van der Waals surface area contributed by atoms with Crippen LogP contribution in [0.4, 0.5) is 22.9 Å². The summed E-state index contributed by atoms with van der Waals surface area (Å²) in [6, 6.07) is 4.72. The van der Waals surface area contributed by atoms with Gasteiger partial charge in [-0.15, -0.1) is 21.6 Å². The molecule has 2 aromatic rings. The molecule has 1 saturated heterocycles. The van der Waals surface area contributed by atoms with Gasteiger partial charge in [0.2, 0.25) is 0 Å². The molecule has 0 spiro atoms. The van der Waals surface area contributed by atoms with Crippen LogP contribution in [-0.4, -0.2) is 23.0 Å². The van der Waals surface area contributed by atoms with Crippen molar-refractivity contribution < 1.29 is 4.92 Å². The second-order valence-electron chi connectivity index (χ2n) is 4.67. The van der Waals surface area contributed by atoms with Crippen molar-refractivity contribution in [2.24, 2.45) is 10.2 Å². The molecule has 3 rings (SSSR count). The molecule has 2 heterocycles. The number of nitrogens with zero attached hydrogens (tertiary/aromatic N) is 5. The predicted octanol–water partition coefficient (Wildman–Crippen LogP) is 4.07. The van der Waals surface area contributed by atoms with Crippen molar-refractivity contribution in [3.8, 4) is 0 Å². The fourth-order valence-corrected chi connectivity index (χ4v) is 2.75. The van der Waals surface area contributed by atoms with E-state index in [1.165, 1.54) is 23.5 Å². The van der Waals surface area contributed by atoms with E-state index in [1.54, 1.807) is 17.0 Å². The number of azo groups is 1. The summed E-state index contributed by atoms with van der Waals surface area (Å²) in [5, 5.41) is 20.9. The van der Waals surface area contributed by atoms with E-state index >= 15 is 0 Å². The Hall–Kier alpha value is -2.35. The maximum Gasteiger partial charge on any atom is 0.271 e. The van der Waals surface area contributed by atoms with E-state index in [0.29, 0.717) is 11.5 Å². The summed E-state index contributed by atoms with van der Waals surface area (Å²) in [6.45, 7) is 1.88. The number of hydrogen-bond donors (Lipinski definition) is 0. The van der Waals surface area contributed by atoms with Gasteiger partial charge in [-0.1, -0.05) is 0 Å². The second kappa shape index (κ2) is 5.96. The lowest BCUT2D eigenvalue weighted by molar-refractivity contribution is -0.384. The fourth-order valence-electron chi connectivity index (χ4n) is 2.29. The van der Waals surface area contributed by atoms with Gasteiger partial charge in [0.25, 0.3) is 5.69 Å². The van der Waals surface area contributed by atoms with Crippen LogP contribution in [0.15, 0.2) is 39.3 Å². The monoisotopic (exact) mass is 303 g/mol. The lowest BCUT2D eigenvalue weighted by Gasteiger charge is -2.18. The van der Waals surface area contributed by atoms with Crippen molar-refractivity contribution in [2.45, 2.75) is 12.8 Å². The molecule has 1 aromatic carbocycles. The molecule has 1 aromatic heterocycles. The van der Waals surface area contributed by atoms with E-state index in [9.17, 15) is 10.1 Å². The first-order chi connectivity index (χ1) is 10.2. The molecule has 0 amide bonds. The number of aromatic nitrogens is 1. The summed E-state index contributed by atoms with van der Waals surface area (Å²) >= 11 is 1.43. The normalized spacial score (nSPS) is 15.0. The van der Waals surface area contributed by atoms with Gasteiger partial charge in [-0.2, -0.15) is 0 Å². The number of anilines is 1. The molecule has 0 aliphatic carbocycles. The van der Waals surface area contributed by atoms with Gasteiger partial charge in [0.15, 0.2) is 5.82 Å². The highest BCUT2D eigenvalue weighted by molar-refractivity contribution is 7.07. The predicted molar refractivity (Wildman–Crippen MR) is 80.8 cm³/mol. The Morgan fingerprint density at radius 3 is 2.76 bits per heavy atom. The quantitative estimate of drug-likeness (QED) is 0.484. The minimum atomic E-state index is -0.421. The van der Waals surface area contributed by atoms with Gasteiger partial charge in [-0.05, 0) is 18.9 Å². The maximum atomic E-state index is 10.9. The van der Waals surface area contributed by atoms with Crippen LogP contribution in [0.1, 0.15) is 12.8 Å². The molecule has 0 saturated carbocycles. The lowest BCUT2D eigenvalue weighted by atomic mass is 10.2. The number of thiazole rings is 1. The number of nitro benzene ring substituents is 1. The average molecular weight is 303 g/mol. The molecule has 21 heavy (non-hydrogen) atoms. The molecule has 8 heteroatoms. The Labute approximate surface area is 125 Å². The van der Waals surface area contributed by atoms with E-state index in [-0.39, 0.29) is 5.69 Å². The van der Waals surface area contributed by atoms with Crippen molar-refractivity contribution in [3.05, 3.63) is 39.2 Å². The van der Waals surface area contributed by atoms with E-state index in [2.05, 4.69) is 20.1 Å². The molecule has 7 nitrogen and oxygen atoms in total. The minimum Gasteiger partial charge on any atom is -0.370 e. The van der Waals surface area contributed by atoms with E-state index in [1.807, 2.05) is 0 Å². The zero-order valence-corrected chi connectivity index (χ0v) is 12.0. The average Bonchev–Trinajstić information content (AvgIpc) is 3.18. The number of benzene rings is 1. The van der Waals surface area contributed by atoms with E-state index < -0.39 is 4.92 Å². The number of nitro groups is 1. The van der Waals surface area contributed by atoms with Crippen LogP contribution < -0.4 is 4.90 Å². The largest absolute Gasteiger partial charge is 0.370 e. The molecule has 1 fully saturated rings. The Morgan fingerprint density at radius 2 is 2.10 bits per heavy atom. The number of non-ortho nitro benzene ring substituents is 1. The van der Waals surface area contributed by atoms with Gasteiger partial charge in [0.1, 0.15) is 5.69 Å². The Morgan fingerprint density at radius 1 is 1.29 bits per heavy atom. The van der Waals surface area contributed by atoms with Gasteiger partial charge in [-0.25, -0.2) is 4.98 Å². The van der Waals surface area contributed by atoms with Crippen molar-refractivity contribution in [1.82, 2.24) is 4.98 Å². The van der Waals surface area contributed by atoms with Gasteiger partial charge < -0.3 is 4.90 Å². The van der Waals surface area contributed by atoms with Crippen LogP contribution >= 0.6 is 11.3 Å². The zero-order valence-electron chi connectivity index (χ0n) is 11.2. The summed E-state index contributed by atoms with van der Waals surface area (Å²) in [5.41, 5.74) is 3.09. The molecular formula is C13H13N5O2S. The molecule has 1 aliphatic rings. The lowest BCUT2D eigenvalue weighted by Crippen LogP contribution is -2.17. The number of rotatable bonds is 4. The molecule has 0 bridgehead atoms. The molecule has 108 valence electrons. The van der Waals surface area contributed by atoms with Crippen LogP contribution in [0.5, 0.6) is 0 Å². The van der Waals surface area contributed by atoms with Crippen molar-refractivity contribution in [3.63, 3.8) is 0 Å². The summed E-state index contributed by atoms with van der Waals surface area (Å²) < 4.78 is 0. The van der Waals surface area contributed by atoms with Crippen molar-refractivity contribution in [1.29, 1.82) is 0 Å². The molecule has 0 N–H and O–H groups in total. The summed E-state index contributed by atoms with van der Waals surface area (Å²) in [5.74, 6) is 0.513. The van der Waals surface area contributed by atoms with Crippen LogP contribution in [0.2, 0.25) is 0 Å². The number of hydrogen-bond acceptors (Lipinski definition) is 7. The van der Waals surface area contributed by atoms with Crippen LogP contribution in [0.25, 0.3) is 0 Å². The Balaban J connectivity index is 1.97. The van der Waals surface area contributed by atoms with Gasteiger partial charge in [-0.3, -0.25) is 10.1 Å². The summed E-state index contributed by atoms with van der Waals surface area (Å²) in [6.07, 6.45) is 2.25. The third-order valence-electron chi connectivity index (χ3n) is 3.30. The third kappa shape index (κ3) is 3.05. The molecule has 0 unspecified atom stereocenters. The SMILES string of the molecule is O=[N+]([O-])c1ccc(N2CCCC2)c(N=Nc2cscn2)c1. The summed E-state index contributed by atoms with van der Waals surface area (Å²) in [4.78, 5) is 16.7. The molecule has 0 atom stereocenters. The first kappa shape index (κ1) is 13.6. The minimum absolute atomic E-state index is 0.0187. The van der Waals surface area contributed by atoms with Crippen LogP contribution in [0.3, 0.4) is 0 Å². The second-order valence-corrected chi connectivity index (χ2v) is 5.39. The van der Waals surface area contributed by atoms with Crippen LogP contribution in [-0.2, 0) is 0 Å². The standard InChI is InChI=1S/C13H13N5O2S/c19-18(20)10-3-4-12(17-5-1-2-6-17)11(7-10)15-16-13-8-21-9-14-13/h3-4,7-9H,1-2,5-6H2. The highest BCUT2D eigenvalue weighted by Gasteiger charge is 2.18.